The first-order valence-electron chi connectivity index (χ1n) is 5.84. The molecular formula is C12H20O2. The third kappa shape index (κ3) is 0.892. The highest BCUT2D eigenvalue weighted by Crippen LogP contribution is 2.64. The van der Waals surface area contributed by atoms with Crippen LogP contribution in [0.3, 0.4) is 0 Å². The Morgan fingerprint density at radius 1 is 1.14 bits per heavy atom. The van der Waals surface area contributed by atoms with Gasteiger partial charge in [-0.15, -0.1) is 0 Å². The fourth-order valence-electron chi connectivity index (χ4n) is 3.91. The van der Waals surface area contributed by atoms with E-state index in [1.54, 1.807) is 0 Å². The summed E-state index contributed by atoms with van der Waals surface area (Å²) in [5.41, 5.74) is 0.491. The molecule has 0 N–H and O–H groups in total. The highest BCUT2D eigenvalue weighted by Gasteiger charge is 2.64. The molecule has 3 atom stereocenters. The van der Waals surface area contributed by atoms with Gasteiger partial charge in [-0.2, -0.15) is 0 Å². The number of rotatable bonds is 0. The first-order chi connectivity index (χ1) is 6.56. The molecule has 14 heavy (non-hydrogen) atoms. The van der Waals surface area contributed by atoms with Crippen molar-refractivity contribution in [3.63, 3.8) is 0 Å². The van der Waals surface area contributed by atoms with E-state index >= 15 is 0 Å². The van der Waals surface area contributed by atoms with Crippen LogP contribution in [0.2, 0.25) is 0 Å². The van der Waals surface area contributed by atoms with E-state index in [0.717, 1.165) is 31.5 Å². The van der Waals surface area contributed by atoms with E-state index < -0.39 is 0 Å². The Balaban J connectivity index is 1.92. The van der Waals surface area contributed by atoms with Gasteiger partial charge >= 0.3 is 0 Å². The predicted molar refractivity (Wildman–Crippen MR) is 53.8 cm³/mol. The summed E-state index contributed by atoms with van der Waals surface area (Å²) in [6.07, 6.45) is 2.45. The Morgan fingerprint density at radius 3 is 2.29 bits per heavy atom. The summed E-state index contributed by atoms with van der Waals surface area (Å²) >= 11 is 0. The Hall–Kier alpha value is -0.0800. The maximum atomic E-state index is 5.88. The minimum atomic E-state index is -0.167. The highest BCUT2D eigenvalue weighted by atomic mass is 16.7. The van der Waals surface area contributed by atoms with Crippen LogP contribution in [-0.4, -0.2) is 19.0 Å². The zero-order chi connectivity index (χ0) is 9.97. The molecule has 2 saturated carbocycles. The van der Waals surface area contributed by atoms with Crippen molar-refractivity contribution in [2.24, 2.45) is 23.2 Å². The lowest BCUT2D eigenvalue weighted by molar-refractivity contribution is -0.214. The Bertz CT molecular complexity index is 249. The van der Waals surface area contributed by atoms with Gasteiger partial charge in [0, 0.05) is 12.3 Å². The largest absolute Gasteiger partial charge is 0.347 e. The highest BCUT2D eigenvalue weighted by molar-refractivity contribution is 5.09. The second kappa shape index (κ2) is 2.53. The molecule has 80 valence electrons. The van der Waals surface area contributed by atoms with Crippen LogP contribution in [0.4, 0.5) is 0 Å². The lowest BCUT2D eigenvalue weighted by Gasteiger charge is -2.44. The van der Waals surface area contributed by atoms with Gasteiger partial charge in [0.1, 0.15) is 0 Å². The Morgan fingerprint density at radius 2 is 1.79 bits per heavy atom. The quantitative estimate of drug-likeness (QED) is 0.592. The smallest absolute Gasteiger partial charge is 0.171 e. The van der Waals surface area contributed by atoms with Gasteiger partial charge in [-0.25, -0.2) is 0 Å². The van der Waals surface area contributed by atoms with E-state index in [0.29, 0.717) is 11.3 Å². The average Bonchev–Trinajstić information content (AvgIpc) is 2.77. The summed E-state index contributed by atoms with van der Waals surface area (Å²) < 4.78 is 11.8. The van der Waals surface area contributed by atoms with Gasteiger partial charge in [0.15, 0.2) is 5.79 Å². The van der Waals surface area contributed by atoms with Crippen LogP contribution in [0.5, 0.6) is 0 Å². The van der Waals surface area contributed by atoms with Crippen molar-refractivity contribution in [3.8, 4) is 0 Å². The van der Waals surface area contributed by atoms with Crippen molar-refractivity contribution >= 4 is 0 Å². The van der Waals surface area contributed by atoms with Crippen molar-refractivity contribution in [2.45, 2.75) is 39.4 Å². The summed E-state index contributed by atoms with van der Waals surface area (Å²) in [4.78, 5) is 0. The van der Waals surface area contributed by atoms with Gasteiger partial charge in [-0.3, -0.25) is 0 Å². The maximum absolute atomic E-state index is 5.88. The monoisotopic (exact) mass is 196 g/mol. The lowest BCUT2D eigenvalue weighted by atomic mass is 9.67. The van der Waals surface area contributed by atoms with Crippen LogP contribution in [0, 0.1) is 23.2 Å². The van der Waals surface area contributed by atoms with Gasteiger partial charge in [-0.1, -0.05) is 20.8 Å². The Kier molecular flexibility index (Phi) is 1.66. The standard InChI is InChI=1S/C12H20O2/c1-8-10-6-9(11(8,2)3)7-12(10)13-4-5-14-12/h8-10H,4-7H2,1-3H3/t8-,9+,10-/m0/s1. The molecule has 3 rings (SSSR count). The molecular weight excluding hydrogens is 176 g/mol. The van der Waals surface area contributed by atoms with Crippen LogP contribution >= 0.6 is 0 Å². The van der Waals surface area contributed by atoms with Crippen molar-refractivity contribution in [1.82, 2.24) is 0 Å². The van der Waals surface area contributed by atoms with Crippen molar-refractivity contribution in [2.75, 3.05) is 13.2 Å². The Labute approximate surface area is 86.0 Å². The SMILES string of the molecule is C[C@H]1[C@@H]2C[C@H](CC23OCCO3)C1(C)C. The van der Waals surface area contributed by atoms with Gasteiger partial charge in [0.25, 0.3) is 0 Å². The molecule has 0 unspecified atom stereocenters. The van der Waals surface area contributed by atoms with Crippen molar-refractivity contribution < 1.29 is 9.47 Å². The molecule has 2 nitrogen and oxygen atoms in total. The topological polar surface area (TPSA) is 18.5 Å². The third-order valence-corrected chi connectivity index (χ3v) is 5.24. The van der Waals surface area contributed by atoms with Gasteiger partial charge in [0.2, 0.25) is 0 Å². The summed E-state index contributed by atoms with van der Waals surface area (Å²) in [5, 5.41) is 0. The van der Waals surface area contributed by atoms with E-state index in [1.165, 1.54) is 6.42 Å². The second-order valence-corrected chi connectivity index (χ2v) is 5.86. The van der Waals surface area contributed by atoms with Crippen molar-refractivity contribution in [3.05, 3.63) is 0 Å². The second-order valence-electron chi connectivity index (χ2n) is 5.86. The van der Waals surface area contributed by atoms with Crippen LogP contribution in [0.15, 0.2) is 0 Å². The minimum Gasteiger partial charge on any atom is -0.347 e. The molecule has 2 heteroatoms. The van der Waals surface area contributed by atoms with Gasteiger partial charge in [-0.05, 0) is 23.7 Å². The molecule has 0 aromatic rings. The third-order valence-electron chi connectivity index (χ3n) is 5.24. The molecule has 0 aromatic heterocycles. The first kappa shape index (κ1) is 9.17. The van der Waals surface area contributed by atoms with Gasteiger partial charge < -0.3 is 9.47 Å². The number of hydrogen-bond acceptors (Lipinski definition) is 2. The van der Waals surface area contributed by atoms with E-state index in [1.807, 2.05) is 0 Å². The van der Waals surface area contributed by atoms with Gasteiger partial charge in [0.05, 0.1) is 13.2 Å². The lowest BCUT2D eigenvalue weighted by Crippen LogP contribution is -2.45. The average molecular weight is 196 g/mol. The molecule has 1 spiro atoms. The molecule has 0 amide bonds. The van der Waals surface area contributed by atoms with Crippen LogP contribution < -0.4 is 0 Å². The van der Waals surface area contributed by atoms with Crippen LogP contribution in [-0.2, 0) is 9.47 Å². The molecule has 3 fully saturated rings. The molecule has 1 saturated heterocycles. The molecule has 0 radical (unpaired) electrons. The summed E-state index contributed by atoms with van der Waals surface area (Å²) in [7, 11) is 0. The predicted octanol–water partition coefficient (Wildman–Crippen LogP) is 2.43. The number of ether oxygens (including phenoxy) is 2. The molecule has 2 aliphatic carbocycles. The van der Waals surface area contributed by atoms with E-state index in [2.05, 4.69) is 20.8 Å². The molecule has 3 aliphatic rings. The zero-order valence-electron chi connectivity index (χ0n) is 9.38. The fourth-order valence-corrected chi connectivity index (χ4v) is 3.91. The molecule has 2 bridgehead atoms. The number of hydrogen-bond donors (Lipinski definition) is 0. The molecule has 1 aliphatic heterocycles. The molecule has 0 aromatic carbocycles. The van der Waals surface area contributed by atoms with Crippen LogP contribution in [0.1, 0.15) is 33.6 Å². The maximum Gasteiger partial charge on any atom is 0.171 e. The normalized spacial score (nSPS) is 47.8. The minimum absolute atomic E-state index is 0.167. The van der Waals surface area contributed by atoms with E-state index in [4.69, 9.17) is 9.47 Å². The molecule has 1 heterocycles. The number of fused-ring (bicyclic) bond motifs is 3. The zero-order valence-corrected chi connectivity index (χ0v) is 9.38. The summed E-state index contributed by atoms with van der Waals surface area (Å²) in [6.45, 7) is 8.79. The summed E-state index contributed by atoms with van der Waals surface area (Å²) in [6, 6.07) is 0. The van der Waals surface area contributed by atoms with Crippen LogP contribution in [0.25, 0.3) is 0 Å². The summed E-state index contributed by atoms with van der Waals surface area (Å²) in [5.74, 6) is 2.02. The fraction of sp³-hybridized carbons (Fsp3) is 1.00. The van der Waals surface area contributed by atoms with Crippen molar-refractivity contribution in [1.29, 1.82) is 0 Å². The van der Waals surface area contributed by atoms with E-state index in [9.17, 15) is 0 Å². The first-order valence-corrected chi connectivity index (χ1v) is 5.84. The van der Waals surface area contributed by atoms with E-state index in [-0.39, 0.29) is 5.79 Å².